The summed E-state index contributed by atoms with van der Waals surface area (Å²) in [6, 6.07) is 0. The molecule has 0 spiro atoms. The van der Waals surface area contributed by atoms with Crippen molar-refractivity contribution in [1.82, 2.24) is 0 Å². The Morgan fingerprint density at radius 1 is 1.10 bits per heavy atom. The van der Waals surface area contributed by atoms with Gasteiger partial charge in [-0.05, 0) is 97.2 Å². The van der Waals surface area contributed by atoms with Crippen molar-refractivity contribution >= 4 is 5.97 Å². The fourth-order valence-corrected chi connectivity index (χ4v) is 11.8. The van der Waals surface area contributed by atoms with Crippen LogP contribution in [0.3, 0.4) is 0 Å². The van der Waals surface area contributed by atoms with Crippen molar-refractivity contribution in [3.8, 4) is 0 Å². The predicted molar refractivity (Wildman–Crippen MR) is 170 cm³/mol. The number of hydrogen-bond acceptors (Lipinski definition) is 4. The molecule has 2 bridgehead atoms. The molecule has 1 unspecified atom stereocenters. The van der Waals surface area contributed by atoms with Gasteiger partial charge in [-0.2, -0.15) is 0 Å². The van der Waals surface area contributed by atoms with Crippen LogP contribution in [0.1, 0.15) is 115 Å². The first kappa shape index (κ1) is 32.5. The second-order valence-corrected chi connectivity index (χ2v) is 17.9. The molecule has 1 saturated heterocycles. The molecule has 0 radical (unpaired) electrons. The van der Waals surface area contributed by atoms with Gasteiger partial charge in [0.2, 0.25) is 0 Å². The second kappa shape index (κ2) is 10.3. The Labute approximate surface area is 257 Å². The van der Waals surface area contributed by atoms with Gasteiger partial charge < -0.3 is 20.3 Å². The standard InChI is InChI=1S/C37H63NO4/c1-22(2)25(6)32(7)16-17-34(9)26-12-13-28-33(8)19-41-21-37(28,27(26)14-15-35(34,10)29(32)31(39)40)18-24(5)30(33)42-20-36(11,38)23(3)4/h14,22-26,28-30H,12-13,15-21,38H2,1-11H3,(H,39,40)/t24-,25-,26+,28+,29-,30+,32-,33+,34-,35+,36?,37+/m1/s1. The quantitative estimate of drug-likeness (QED) is 0.296. The molecule has 4 aliphatic carbocycles. The van der Waals surface area contributed by atoms with Crippen molar-refractivity contribution in [3.63, 3.8) is 0 Å². The van der Waals surface area contributed by atoms with E-state index in [1.54, 1.807) is 5.57 Å². The molecular formula is C37H63NO4. The summed E-state index contributed by atoms with van der Waals surface area (Å²) < 4.78 is 13.4. The van der Waals surface area contributed by atoms with Gasteiger partial charge in [-0.25, -0.2) is 0 Å². The van der Waals surface area contributed by atoms with Crippen LogP contribution in [-0.2, 0) is 14.3 Å². The molecule has 1 aliphatic heterocycles. The first-order valence-corrected chi connectivity index (χ1v) is 17.2. The van der Waals surface area contributed by atoms with Crippen LogP contribution in [0.15, 0.2) is 11.6 Å². The van der Waals surface area contributed by atoms with Crippen molar-refractivity contribution in [3.05, 3.63) is 11.6 Å². The summed E-state index contributed by atoms with van der Waals surface area (Å²) in [5.74, 6) is 1.57. The Balaban J connectivity index is 1.53. The van der Waals surface area contributed by atoms with Crippen LogP contribution in [0.25, 0.3) is 0 Å². The van der Waals surface area contributed by atoms with E-state index in [0.717, 1.165) is 45.3 Å². The minimum atomic E-state index is -0.588. The number of carboxylic acids is 1. The maximum Gasteiger partial charge on any atom is 0.307 e. The highest BCUT2D eigenvalue weighted by Crippen LogP contribution is 2.75. The van der Waals surface area contributed by atoms with Crippen LogP contribution in [0.4, 0.5) is 0 Å². The monoisotopic (exact) mass is 585 g/mol. The van der Waals surface area contributed by atoms with Crippen molar-refractivity contribution in [2.45, 2.75) is 126 Å². The van der Waals surface area contributed by atoms with Gasteiger partial charge in [0.05, 0.1) is 31.8 Å². The minimum Gasteiger partial charge on any atom is -0.481 e. The fourth-order valence-electron chi connectivity index (χ4n) is 11.8. The fraction of sp³-hybridized carbons (Fsp3) is 0.919. The molecule has 5 rings (SSSR count). The summed E-state index contributed by atoms with van der Waals surface area (Å²) in [6.45, 7) is 27.4. The van der Waals surface area contributed by atoms with Crippen LogP contribution in [0, 0.1) is 68.5 Å². The highest BCUT2D eigenvalue weighted by Gasteiger charge is 2.71. The molecule has 240 valence electrons. The third-order valence-corrected chi connectivity index (χ3v) is 15.3. The summed E-state index contributed by atoms with van der Waals surface area (Å²) >= 11 is 0. The van der Waals surface area contributed by atoms with Crippen molar-refractivity contribution < 1.29 is 19.4 Å². The number of carboxylic acid groups (broad SMARTS) is 1. The molecule has 0 aromatic carbocycles. The lowest BCUT2D eigenvalue weighted by Gasteiger charge is -2.71. The Kier molecular flexibility index (Phi) is 7.97. The number of rotatable bonds is 7. The smallest absolute Gasteiger partial charge is 0.307 e. The van der Waals surface area contributed by atoms with Gasteiger partial charge in [-0.3, -0.25) is 4.79 Å². The number of allylic oxidation sites excluding steroid dienone is 1. The summed E-state index contributed by atoms with van der Waals surface area (Å²) in [4.78, 5) is 13.3. The largest absolute Gasteiger partial charge is 0.481 e. The third kappa shape index (κ3) is 4.28. The molecule has 12 atom stereocenters. The topological polar surface area (TPSA) is 81.8 Å². The average molecular weight is 586 g/mol. The normalized spacial score (nSPS) is 48.9. The Bertz CT molecular complexity index is 1100. The zero-order chi connectivity index (χ0) is 31.3. The zero-order valence-electron chi connectivity index (χ0n) is 28.8. The Hall–Kier alpha value is -0.910. The van der Waals surface area contributed by atoms with Crippen molar-refractivity contribution in [1.29, 1.82) is 0 Å². The zero-order valence-corrected chi connectivity index (χ0v) is 28.8. The van der Waals surface area contributed by atoms with Crippen LogP contribution in [0.2, 0.25) is 0 Å². The second-order valence-electron chi connectivity index (χ2n) is 17.9. The molecule has 42 heavy (non-hydrogen) atoms. The van der Waals surface area contributed by atoms with Gasteiger partial charge in [0, 0.05) is 16.4 Å². The average Bonchev–Trinajstić information content (AvgIpc) is 2.88. The predicted octanol–water partition coefficient (Wildman–Crippen LogP) is 7.97. The van der Waals surface area contributed by atoms with Gasteiger partial charge in [0.15, 0.2) is 0 Å². The molecule has 3 N–H and O–H groups in total. The number of aliphatic carboxylic acids is 1. The molecule has 0 amide bonds. The lowest BCUT2D eigenvalue weighted by atomic mass is 9.34. The van der Waals surface area contributed by atoms with Crippen LogP contribution in [-0.4, -0.2) is 42.5 Å². The van der Waals surface area contributed by atoms with Crippen LogP contribution in [0.5, 0.6) is 0 Å². The molecular weight excluding hydrogens is 522 g/mol. The van der Waals surface area contributed by atoms with Gasteiger partial charge in [0.25, 0.3) is 0 Å². The first-order valence-electron chi connectivity index (χ1n) is 17.2. The van der Waals surface area contributed by atoms with E-state index in [4.69, 9.17) is 15.2 Å². The number of fused-ring (bicyclic) bond motifs is 3. The molecule has 0 aromatic heterocycles. The van der Waals surface area contributed by atoms with Gasteiger partial charge >= 0.3 is 5.97 Å². The van der Waals surface area contributed by atoms with E-state index in [0.29, 0.717) is 42.1 Å². The highest BCUT2D eigenvalue weighted by atomic mass is 16.5. The molecule has 0 aromatic rings. The Morgan fingerprint density at radius 3 is 2.36 bits per heavy atom. The van der Waals surface area contributed by atoms with E-state index in [9.17, 15) is 9.90 Å². The molecule has 4 fully saturated rings. The maximum absolute atomic E-state index is 13.3. The van der Waals surface area contributed by atoms with E-state index >= 15 is 0 Å². The van der Waals surface area contributed by atoms with E-state index in [1.807, 2.05) is 0 Å². The number of hydrogen-bond donors (Lipinski definition) is 2. The van der Waals surface area contributed by atoms with Gasteiger partial charge in [-0.1, -0.05) is 80.9 Å². The third-order valence-electron chi connectivity index (χ3n) is 15.3. The summed E-state index contributed by atoms with van der Waals surface area (Å²) in [5, 5.41) is 10.9. The van der Waals surface area contributed by atoms with Crippen LogP contribution < -0.4 is 5.73 Å². The lowest BCUT2D eigenvalue weighted by Crippen LogP contribution is -2.69. The van der Waals surface area contributed by atoms with Gasteiger partial charge in [0.1, 0.15) is 0 Å². The lowest BCUT2D eigenvalue weighted by molar-refractivity contribution is -0.253. The number of carbonyl (C=O) groups is 1. The molecule has 1 heterocycles. The SMILES string of the molecule is CC(C)[C@@H](C)[C@@]1(C)CC[C@]2(C)[C@H]3CC[C@@H]4[C@@]5(COC[C@]4(C)[C@@H](OCC(C)(N)C(C)C)[C@H](C)C5)C3=CC[C@@]2(C)[C@@H]1C(=O)O. The van der Waals surface area contributed by atoms with Gasteiger partial charge in [-0.15, -0.1) is 0 Å². The molecule has 3 saturated carbocycles. The summed E-state index contributed by atoms with van der Waals surface area (Å²) in [7, 11) is 0. The summed E-state index contributed by atoms with van der Waals surface area (Å²) in [6.07, 6.45) is 9.03. The number of ether oxygens (including phenoxy) is 2. The Morgan fingerprint density at radius 2 is 1.76 bits per heavy atom. The van der Waals surface area contributed by atoms with Crippen LogP contribution >= 0.6 is 0 Å². The van der Waals surface area contributed by atoms with E-state index in [-0.39, 0.29) is 44.6 Å². The van der Waals surface area contributed by atoms with Crippen molar-refractivity contribution in [2.24, 2.45) is 74.2 Å². The van der Waals surface area contributed by atoms with E-state index < -0.39 is 5.97 Å². The summed E-state index contributed by atoms with van der Waals surface area (Å²) in [5.41, 5.74) is 7.38. The molecule has 5 aliphatic rings. The number of nitrogens with two attached hydrogens (primary N) is 1. The maximum atomic E-state index is 13.3. The van der Waals surface area contributed by atoms with Crippen molar-refractivity contribution in [2.75, 3.05) is 19.8 Å². The first-order chi connectivity index (χ1) is 19.3. The van der Waals surface area contributed by atoms with E-state index in [2.05, 4.69) is 82.2 Å². The minimum absolute atomic E-state index is 0.0221. The highest BCUT2D eigenvalue weighted by molar-refractivity contribution is 5.73. The molecule has 5 nitrogen and oxygen atoms in total. The molecule has 5 heteroatoms. The van der Waals surface area contributed by atoms with E-state index in [1.165, 1.54) is 6.42 Å².